The summed E-state index contributed by atoms with van der Waals surface area (Å²) >= 11 is -0.122. The van der Waals surface area contributed by atoms with Gasteiger partial charge in [0.25, 0.3) is 12.4 Å². The molecule has 0 aromatic heterocycles. The Morgan fingerprint density at radius 2 is 2.07 bits per heavy atom. The zero-order valence-corrected chi connectivity index (χ0v) is 18.9. The SMILES string of the molecule is CCC(C)C(=O)N1CCC[C@H](N)C1CO[C@H]1CC[C@@H](c2cccc(OSF)c2)CC1. The fourth-order valence-corrected chi connectivity index (χ4v) is 4.86. The lowest BCUT2D eigenvalue weighted by Gasteiger charge is -2.41. The Labute approximate surface area is 184 Å². The number of amides is 1. The average Bonchev–Trinajstić information content (AvgIpc) is 2.78. The summed E-state index contributed by atoms with van der Waals surface area (Å²) in [6.07, 6.45) is 6.99. The van der Waals surface area contributed by atoms with E-state index < -0.39 is 0 Å². The maximum Gasteiger partial charge on any atom is 0.272 e. The van der Waals surface area contributed by atoms with Gasteiger partial charge in [-0.3, -0.25) is 4.79 Å². The van der Waals surface area contributed by atoms with Gasteiger partial charge in [0, 0.05) is 18.5 Å². The molecule has 7 heteroatoms. The Morgan fingerprint density at radius 1 is 1.30 bits per heavy atom. The number of nitrogens with zero attached hydrogens (tertiary/aromatic N) is 1. The predicted molar refractivity (Wildman–Crippen MR) is 119 cm³/mol. The summed E-state index contributed by atoms with van der Waals surface area (Å²) in [5.74, 6) is 1.23. The van der Waals surface area contributed by atoms with Gasteiger partial charge < -0.3 is 19.6 Å². The second-order valence-electron chi connectivity index (χ2n) is 8.74. The summed E-state index contributed by atoms with van der Waals surface area (Å²) in [5.41, 5.74) is 7.58. The smallest absolute Gasteiger partial charge is 0.272 e. The van der Waals surface area contributed by atoms with E-state index in [2.05, 4.69) is 13.0 Å². The number of likely N-dealkylation sites (tertiary alicyclic amines) is 1. The number of carbonyl (C=O) groups is 1. The fourth-order valence-electron chi connectivity index (χ4n) is 4.69. The zero-order chi connectivity index (χ0) is 21.5. The van der Waals surface area contributed by atoms with E-state index in [4.69, 9.17) is 14.7 Å². The Kier molecular flexibility index (Phi) is 8.84. The van der Waals surface area contributed by atoms with Crippen LogP contribution in [0.25, 0.3) is 0 Å². The van der Waals surface area contributed by atoms with Crippen molar-refractivity contribution in [3.05, 3.63) is 29.8 Å². The van der Waals surface area contributed by atoms with Gasteiger partial charge in [0.1, 0.15) is 5.75 Å². The molecular formula is C23H35FN2O3S. The summed E-state index contributed by atoms with van der Waals surface area (Å²) in [6, 6.07) is 7.66. The molecule has 1 aliphatic carbocycles. The largest absolute Gasteiger partial charge is 0.397 e. The number of carbonyl (C=O) groups excluding carboxylic acids is 1. The molecule has 2 fully saturated rings. The second-order valence-corrected chi connectivity index (χ2v) is 9.03. The number of ether oxygens (including phenoxy) is 1. The first kappa shape index (κ1) is 23.4. The molecule has 5 nitrogen and oxygen atoms in total. The highest BCUT2D eigenvalue weighted by molar-refractivity contribution is 7.89. The predicted octanol–water partition coefficient (Wildman–Crippen LogP) is 5.01. The van der Waals surface area contributed by atoms with Crippen LogP contribution in [0.3, 0.4) is 0 Å². The molecule has 2 N–H and O–H groups in total. The molecule has 1 aliphatic heterocycles. The van der Waals surface area contributed by atoms with Gasteiger partial charge in [-0.25, -0.2) is 0 Å². The summed E-state index contributed by atoms with van der Waals surface area (Å²) in [7, 11) is 0. The Bertz CT molecular complexity index is 684. The molecule has 1 aromatic carbocycles. The number of rotatable bonds is 8. The van der Waals surface area contributed by atoms with E-state index in [0.29, 0.717) is 18.3 Å². The van der Waals surface area contributed by atoms with Crippen molar-refractivity contribution in [2.24, 2.45) is 11.7 Å². The minimum Gasteiger partial charge on any atom is -0.397 e. The van der Waals surface area contributed by atoms with Gasteiger partial charge in [-0.2, -0.15) is 0 Å². The number of hydrogen-bond donors (Lipinski definition) is 1. The molecule has 1 saturated heterocycles. The maximum absolute atomic E-state index is 12.8. The van der Waals surface area contributed by atoms with Crippen LogP contribution in [0.1, 0.15) is 70.3 Å². The molecule has 2 unspecified atom stereocenters. The average molecular weight is 439 g/mol. The van der Waals surface area contributed by atoms with Crippen molar-refractivity contribution in [2.45, 2.75) is 82.9 Å². The lowest BCUT2D eigenvalue weighted by atomic mass is 9.82. The molecule has 0 radical (unpaired) electrons. The molecule has 0 bridgehead atoms. The van der Waals surface area contributed by atoms with Gasteiger partial charge in [0.2, 0.25) is 5.91 Å². The summed E-state index contributed by atoms with van der Waals surface area (Å²) in [5, 5.41) is 0. The van der Waals surface area contributed by atoms with E-state index in [1.807, 2.05) is 24.0 Å². The molecule has 1 aromatic rings. The van der Waals surface area contributed by atoms with E-state index in [1.165, 1.54) is 5.56 Å². The van der Waals surface area contributed by atoms with Gasteiger partial charge in [-0.15, -0.1) is 3.89 Å². The molecule has 1 amide bonds. The van der Waals surface area contributed by atoms with Crippen molar-refractivity contribution in [2.75, 3.05) is 13.2 Å². The van der Waals surface area contributed by atoms with Gasteiger partial charge in [0.05, 0.1) is 18.8 Å². The van der Waals surface area contributed by atoms with Crippen LogP contribution in [0.2, 0.25) is 0 Å². The van der Waals surface area contributed by atoms with Crippen LogP contribution in [-0.2, 0) is 9.53 Å². The lowest BCUT2D eigenvalue weighted by Crippen LogP contribution is -2.57. The minimum atomic E-state index is -0.122. The third-order valence-corrected chi connectivity index (χ3v) is 7.04. The fraction of sp³-hybridized carbons (Fsp3) is 0.696. The van der Waals surface area contributed by atoms with E-state index in [1.54, 1.807) is 6.07 Å². The highest BCUT2D eigenvalue weighted by atomic mass is 32.2. The normalized spacial score (nSPS) is 28.2. The molecule has 30 heavy (non-hydrogen) atoms. The van der Waals surface area contributed by atoms with Crippen LogP contribution < -0.4 is 9.92 Å². The molecule has 1 saturated carbocycles. The van der Waals surface area contributed by atoms with Gasteiger partial charge in [0.15, 0.2) is 0 Å². The first-order valence-corrected chi connectivity index (χ1v) is 11.9. The summed E-state index contributed by atoms with van der Waals surface area (Å²) in [4.78, 5) is 14.8. The standard InChI is InChI=1S/C23H35FN2O3S/c1-3-16(2)23(27)26-13-5-8-21(25)22(26)15-28-19-11-9-17(10-12-19)18-6-4-7-20(14-18)29-30-24/h4,6-7,14,16-17,19,21-22H,3,5,8-13,15,25H2,1-2H3/t16?,17-,19+,21-,22?/m0/s1. The topological polar surface area (TPSA) is 64.8 Å². The number of hydrogen-bond acceptors (Lipinski definition) is 5. The van der Waals surface area contributed by atoms with Gasteiger partial charge >= 0.3 is 0 Å². The van der Waals surface area contributed by atoms with Crippen molar-refractivity contribution in [3.63, 3.8) is 0 Å². The summed E-state index contributed by atoms with van der Waals surface area (Å²) in [6.45, 7) is 5.35. The number of benzene rings is 1. The molecule has 1 heterocycles. The highest BCUT2D eigenvalue weighted by Crippen LogP contribution is 2.36. The van der Waals surface area contributed by atoms with Crippen LogP contribution in [0.4, 0.5) is 3.89 Å². The maximum atomic E-state index is 12.8. The first-order valence-electron chi connectivity index (χ1n) is 11.3. The third kappa shape index (κ3) is 5.89. The van der Waals surface area contributed by atoms with Crippen LogP contribution in [0, 0.1) is 5.92 Å². The van der Waals surface area contributed by atoms with E-state index in [0.717, 1.165) is 51.5 Å². The minimum absolute atomic E-state index is 0.0146. The van der Waals surface area contributed by atoms with Crippen molar-refractivity contribution >= 4 is 18.3 Å². The second kappa shape index (κ2) is 11.3. The highest BCUT2D eigenvalue weighted by Gasteiger charge is 2.35. The molecular weight excluding hydrogens is 403 g/mol. The Balaban J connectivity index is 1.51. The molecule has 168 valence electrons. The summed E-state index contributed by atoms with van der Waals surface area (Å²) < 4.78 is 23.5. The zero-order valence-electron chi connectivity index (χ0n) is 18.1. The Morgan fingerprint density at radius 3 is 2.77 bits per heavy atom. The first-order chi connectivity index (χ1) is 14.5. The third-order valence-electron chi connectivity index (χ3n) is 6.78. The molecule has 3 atom stereocenters. The molecule has 0 spiro atoms. The van der Waals surface area contributed by atoms with Crippen molar-refractivity contribution in [3.8, 4) is 5.75 Å². The van der Waals surface area contributed by atoms with Crippen LogP contribution in [0.5, 0.6) is 5.75 Å². The molecule has 3 rings (SSSR count). The monoisotopic (exact) mass is 438 g/mol. The van der Waals surface area contributed by atoms with E-state index >= 15 is 0 Å². The van der Waals surface area contributed by atoms with E-state index in [9.17, 15) is 8.68 Å². The number of nitrogens with two attached hydrogens (primary N) is 1. The van der Waals surface area contributed by atoms with Crippen LogP contribution in [-0.4, -0.2) is 42.1 Å². The van der Waals surface area contributed by atoms with E-state index in [-0.39, 0.29) is 42.4 Å². The number of piperidine rings is 1. The van der Waals surface area contributed by atoms with Crippen LogP contribution >= 0.6 is 12.4 Å². The van der Waals surface area contributed by atoms with Crippen molar-refractivity contribution in [1.82, 2.24) is 4.90 Å². The van der Waals surface area contributed by atoms with Gasteiger partial charge in [-0.05, 0) is 68.6 Å². The van der Waals surface area contributed by atoms with Gasteiger partial charge in [-0.1, -0.05) is 26.0 Å². The quantitative estimate of drug-likeness (QED) is 0.578. The van der Waals surface area contributed by atoms with Crippen LogP contribution in [0.15, 0.2) is 24.3 Å². The van der Waals surface area contributed by atoms with Crippen molar-refractivity contribution < 1.29 is 17.6 Å². The lowest BCUT2D eigenvalue weighted by molar-refractivity contribution is -0.142. The Hall–Kier alpha value is -1.31. The molecule has 2 aliphatic rings. The van der Waals surface area contributed by atoms with Crippen molar-refractivity contribution in [1.29, 1.82) is 0 Å². The number of halogens is 1.